The van der Waals surface area contributed by atoms with Crippen LogP contribution in [-0.2, 0) is 12.8 Å². The first-order chi connectivity index (χ1) is 15.9. The van der Waals surface area contributed by atoms with Crippen LogP contribution in [-0.4, -0.2) is 30.4 Å². The number of nitrogens with zero attached hydrogens (tertiary/aromatic N) is 2. The average Bonchev–Trinajstić information content (AvgIpc) is 2.75. The van der Waals surface area contributed by atoms with Crippen LogP contribution in [0.15, 0.2) is 18.2 Å². The Balaban J connectivity index is 2.60. The van der Waals surface area contributed by atoms with Gasteiger partial charge in [-0.3, -0.25) is 0 Å². The Morgan fingerprint density at radius 2 is 1.56 bits per heavy atom. The minimum Gasteiger partial charge on any atom is -0.543 e. The highest BCUT2D eigenvalue weighted by molar-refractivity contribution is 6.74. The molecule has 34 heavy (non-hydrogen) atoms. The van der Waals surface area contributed by atoms with E-state index in [-0.39, 0.29) is 11.1 Å². The first-order valence-electron chi connectivity index (χ1n) is 13.0. The number of hydrogen-bond donors (Lipinski definition) is 1. The first-order valence-corrected chi connectivity index (χ1v) is 15.9. The van der Waals surface area contributed by atoms with E-state index in [0.29, 0.717) is 6.04 Å². The molecule has 0 spiro atoms. The second-order valence-electron chi connectivity index (χ2n) is 10.9. The summed E-state index contributed by atoms with van der Waals surface area (Å²) in [5.74, 6) is 2.58. The third-order valence-electron chi connectivity index (χ3n) is 6.79. The predicted molar refractivity (Wildman–Crippen MR) is 148 cm³/mol. The highest BCUT2D eigenvalue weighted by Gasteiger charge is 2.39. The first kappa shape index (κ1) is 28.2. The van der Waals surface area contributed by atoms with Gasteiger partial charge in [-0.25, -0.2) is 9.97 Å². The molecule has 0 aliphatic rings. The van der Waals surface area contributed by atoms with Gasteiger partial charge in [-0.05, 0) is 69.8 Å². The molecule has 0 amide bonds. The molecule has 0 fully saturated rings. The maximum absolute atomic E-state index is 6.58. The molecule has 6 heteroatoms. The molecule has 2 aromatic rings. The lowest BCUT2D eigenvalue weighted by atomic mass is 10.1. The minimum atomic E-state index is -1.96. The molecule has 0 saturated carbocycles. The van der Waals surface area contributed by atoms with Gasteiger partial charge in [0.1, 0.15) is 17.3 Å². The van der Waals surface area contributed by atoms with E-state index in [1.54, 1.807) is 0 Å². The summed E-state index contributed by atoms with van der Waals surface area (Å²) >= 11 is 0. The quantitative estimate of drug-likeness (QED) is 0.326. The van der Waals surface area contributed by atoms with Gasteiger partial charge in [-0.1, -0.05) is 48.5 Å². The van der Waals surface area contributed by atoms with Crippen molar-refractivity contribution in [1.82, 2.24) is 9.97 Å². The monoisotopic (exact) mass is 485 g/mol. The minimum absolute atomic E-state index is 0.0429. The zero-order valence-corrected chi connectivity index (χ0v) is 24.4. The van der Waals surface area contributed by atoms with Crippen LogP contribution in [0.3, 0.4) is 0 Å². The molecule has 0 saturated heterocycles. The number of benzene rings is 1. The van der Waals surface area contributed by atoms with Gasteiger partial charge in [0.2, 0.25) is 8.32 Å². The van der Waals surface area contributed by atoms with Crippen LogP contribution in [0, 0.1) is 0 Å². The van der Waals surface area contributed by atoms with Crippen molar-refractivity contribution in [3.05, 3.63) is 29.6 Å². The van der Waals surface area contributed by atoms with Crippen LogP contribution in [0.5, 0.6) is 11.5 Å². The highest BCUT2D eigenvalue weighted by Crippen LogP contribution is 2.40. The van der Waals surface area contributed by atoms with Crippen LogP contribution >= 0.6 is 0 Å². The Morgan fingerprint density at radius 3 is 2.06 bits per heavy atom. The van der Waals surface area contributed by atoms with Crippen molar-refractivity contribution in [1.29, 1.82) is 0 Å². The van der Waals surface area contributed by atoms with E-state index >= 15 is 0 Å². The van der Waals surface area contributed by atoms with Crippen LogP contribution in [0.1, 0.15) is 86.5 Å². The Labute approximate surface area is 209 Å². The second-order valence-corrected chi connectivity index (χ2v) is 15.6. The number of rotatable bonds is 11. The van der Waals surface area contributed by atoms with E-state index in [9.17, 15) is 0 Å². The summed E-state index contributed by atoms with van der Waals surface area (Å²) < 4.78 is 12.9. The SMILES string of the molecule is CCc1nc(-c2ccc(O[Si](C)(C)C(C)(C)C)cc2OC(C)C)c(CC)nc1NC(CC)CC. The fourth-order valence-corrected chi connectivity index (χ4v) is 4.60. The topological polar surface area (TPSA) is 56.3 Å². The molecule has 0 aliphatic carbocycles. The Kier molecular flexibility index (Phi) is 9.58. The van der Waals surface area contributed by atoms with Gasteiger partial charge < -0.3 is 14.5 Å². The zero-order chi connectivity index (χ0) is 25.7. The number of anilines is 1. The summed E-state index contributed by atoms with van der Waals surface area (Å²) in [6.07, 6.45) is 3.78. The van der Waals surface area contributed by atoms with E-state index in [1.165, 1.54) is 0 Å². The smallest absolute Gasteiger partial charge is 0.250 e. The van der Waals surface area contributed by atoms with Gasteiger partial charge >= 0.3 is 0 Å². The van der Waals surface area contributed by atoms with Crippen molar-refractivity contribution in [3.8, 4) is 22.8 Å². The summed E-state index contributed by atoms with van der Waals surface area (Å²) in [7, 11) is -1.96. The number of ether oxygens (including phenoxy) is 1. The molecule has 1 heterocycles. The van der Waals surface area contributed by atoms with Crippen LogP contribution in [0.2, 0.25) is 18.1 Å². The van der Waals surface area contributed by atoms with E-state index in [2.05, 4.69) is 92.9 Å². The van der Waals surface area contributed by atoms with Crippen molar-refractivity contribution < 1.29 is 9.16 Å². The predicted octanol–water partition coefficient (Wildman–Crippen LogP) is 8.04. The Bertz CT molecular complexity index is 947. The molecule has 0 bridgehead atoms. The summed E-state index contributed by atoms with van der Waals surface area (Å²) in [5, 5.41) is 3.75. The van der Waals surface area contributed by atoms with E-state index < -0.39 is 8.32 Å². The molecule has 1 aromatic heterocycles. The standard InChI is InChI=1S/C28H47N3O2Si/c1-12-20(13-2)29-27-24(15-4)30-26(23(14-3)31-27)22-17-16-21(18-25(22)32-19(5)6)33-34(10,11)28(7,8)9/h16-20H,12-15H2,1-11H3,(H,29,31). The average molecular weight is 486 g/mol. The molecular formula is C28H47N3O2Si. The summed E-state index contributed by atoms with van der Waals surface area (Å²) in [6.45, 7) is 24.1. The largest absolute Gasteiger partial charge is 0.543 e. The fraction of sp³-hybridized carbons (Fsp3) is 0.643. The number of hydrogen-bond acceptors (Lipinski definition) is 5. The lowest BCUT2D eigenvalue weighted by Gasteiger charge is -2.36. The third-order valence-corrected chi connectivity index (χ3v) is 11.1. The molecule has 1 aromatic carbocycles. The van der Waals surface area contributed by atoms with Crippen LogP contribution < -0.4 is 14.5 Å². The van der Waals surface area contributed by atoms with E-state index in [4.69, 9.17) is 19.1 Å². The van der Waals surface area contributed by atoms with Crippen molar-refractivity contribution in [3.63, 3.8) is 0 Å². The van der Waals surface area contributed by atoms with Crippen LogP contribution in [0.25, 0.3) is 11.3 Å². The molecule has 0 radical (unpaired) electrons. The van der Waals surface area contributed by atoms with Gasteiger partial charge in [0, 0.05) is 17.7 Å². The maximum atomic E-state index is 6.58. The second kappa shape index (κ2) is 11.6. The molecule has 190 valence electrons. The molecule has 1 N–H and O–H groups in total. The maximum Gasteiger partial charge on any atom is 0.250 e. The normalized spacial score (nSPS) is 12.4. The van der Waals surface area contributed by atoms with Gasteiger partial charge in [0.05, 0.1) is 23.2 Å². The molecule has 5 nitrogen and oxygen atoms in total. The zero-order valence-electron chi connectivity index (χ0n) is 23.4. The van der Waals surface area contributed by atoms with Crippen molar-refractivity contribution >= 4 is 14.1 Å². The summed E-state index contributed by atoms with van der Waals surface area (Å²) in [6, 6.07) is 6.60. The number of aryl methyl sites for hydroxylation is 2. The van der Waals surface area contributed by atoms with Crippen LogP contribution in [0.4, 0.5) is 5.82 Å². The van der Waals surface area contributed by atoms with Crippen molar-refractivity contribution in [2.24, 2.45) is 0 Å². The lowest BCUT2D eigenvalue weighted by Crippen LogP contribution is -2.43. The van der Waals surface area contributed by atoms with Gasteiger partial charge in [0.15, 0.2) is 0 Å². The molecule has 0 unspecified atom stereocenters. The van der Waals surface area contributed by atoms with Gasteiger partial charge in [0.25, 0.3) is 0 Å². The highest BCUT2D eigenvalue weighted by atomic mass is 28.4. The lowest BCUT2D eigenvalue weighted by molar-refractivity contribution is 0.243. The fourth-order valence-electron chi connectivity index (χ4n) is 3.58. The van der Waals surface area contributed by atoms with E-state index in [0.717, 1.165) is 65.6 Å². The molecule has 2 rings (SSSR count). The third kappa shape index (κ3) is 6.74. The molecular weight excluding hydrogens is 438 g/mol. The Hall–Kier alpha value is -2.08. The molecule has 0 atom stereocenters. The molecule has 0 aliphatic heterocycles. The number of aromatic nitrogens is 2. The summed E-state index contributed by atoms with van der Waals surface area (Å²) in [4.78, 5) is 10.2. The van der Waals surface area contributed by atoms with Gasteiger partial charge in [-0.15, -0.1) is 0 Å². The Morgan fingerprint density at radius 1 is 0.941 bits per heavy atom. The van der Waals surface area contributed by atoms with Crippen molar-refractivity contribution in [2.45, 2.75) is 118 Å². The summed E-state index contributed by atoms with van der Waals surface area (Å²) in [5.41, 5.74) is 3.86. The van der Waals surface area contributed by atoms with Crippen molar-refractivity contribution in [2.75, 3.05) is 5.32 Å². The number of nitrogens with one attached hydrogen (secondary N) is 1. The van der Waals surface area contributed by atoms with Gasteiger partial charge in [-0.2, -0.15) is 0 Å². The van der Waals surface area contributed by atoms with E-state index in [1.807, 2.05) is 6.07 Å².